The number of rotatable bonds is 10. The molecule has 2 saturated heterocycles. The molecule has 8 heteroatoms. The van der Waals surface area contributed by atoms with Crippen LogP contribution in [0.3, 0.4) is 0 Å². The highest BCUT2D eigenvalue weighted by Gasteiger charge is 2.44. The number of hydrogen-bond acceptors (Lipinski definition) is 6. The zero-order chi connectivity index (χ0) is 23.1. The Labute approximate surface area is 189 Å². The van der Waals surface area contributed by atoms with Crippen LogP contribution in [0.25, 0.3) is 0 Å². The number of carbonyl (C=O) groups is 3. The van der Waals surface area contributed by atoms with Gasteiger partial charge in [0.05, 0.1) is 18.8 Å². The summed E-state index contributed by atoms with van der Waals surface area (Å²) >= 11 is 0. The molecule has 0 spiro atoms. The topological polar surface area (TPSA) is 105 Å². The number of esters is 1. The first-order valence-corrected chi connectivity index (χ1v) is 11.5. The Morgan fingerprint density at radius 1 is 1.28 bits per heavy atom. The zero-order valence-corrected chi connectivity index (χ0v) is 18.9. The summed E-state index contributed by atoms with van der Waals surface area (Å²) in [6.45, 7) is 4.72. The Kier molecular flexibility index (Phi) is 8.64. The van der Waals surface area contributed by atoms with Crippen LogP contribution in [0.1, 0.15) is 45.1 Å². The number of carboxylic acids is 1. The summed E-state index contributed by atoms with van der Waals surface area (Å²) in [5, 5.41) is 12.8. The molecule has 2 aliphatic heterocycles. The molecular formula is C24H34N2O6. The van der Waals surface area contributed by atoms with Gasteiger partial charge >= 0.3 is 11.9 Å². The molecule has 32 heavy (non-hydrogen) atoms. The second kappa shape index (κ2) is 11.4. The van der Waals surface area contributed by atoms with Crippen LogP contribution in [0, 0.1) is 5.92 Å². The summed E-state index contributed by atoms with van der Waals surface area (Å²) in [5.74, 6) is -1.70. The Morgan fingerprint density at radius 3 is 2.66 bits per heavy atom. The van der Waals surface area contributed by atoms with Crippen LogP contribution in [0.4, 0.5) is 0 Å². The van der Waals surface area contributed by atoms with Crippen molar-refractivity contribution in [3.8, 4) is 0 Å². The van der Waals surface area contributed by atoms with E-state index in [1.54, 1.807) is 13.8 Å². The van der Waals surface area contributed by atoms with E-state index in [0.29, 0.717) is 32.4 Å². The average Bonchev–Trinajstić information content (AvgIpc) is 3.46. The molecule has 0 aliphatic carbocycles. The van der Waals surface area contributed by atoms with Gasteiger partial charge in [-0.1, -0.05) is 30.3 Å². The molecule has 2 N–H and O–H groups in total. The van der Waals surface area contributed by atoms with Gasteiger partial charge in [-0.15, -0.1) is 0 Å². The SMILES string of the molecule is CCOC(=O)[C@H](CCc1ccccc1)N[C@@H](C)C(=O)N1CC([C@H]2CCCO2)C[C@H]1C(=O)O. The number of likely N-dealkylation sites (tertiary alicyclic amines) is 1. The third kappa shape index (κ3) is 6.07. The maximum Gasteiger partial charge on any atom is 0.326 e. The highest BCUT2D eigenvalue weighted by molar-refractivity contribution is 5.88. The van der Waals surface area contributed by atoms with Crippen molar-refractivity contribution >= 4 is 17.8 Å². The van der Waals surface area contributed by atoms with Gasteiger partial charge in [0.15, 0.2) is 0 Å². The van der Waals surface area contributed by atoms with Gasteiger partial charge in [0.2, 0.25) is 5.91 Å². The van der Waals surface area contributed by atoms with Gasteiger partial charge in [-0.2, -0.15) is 0 Å². The molecule has 3 rings (SSSR count). The van der Waals surface area contributed by atoms with Gasteiger partial charge in [-0.05, 0) is 51.5 Å². The van der Waals surface area contributed by atoms with Crippen molar-refractivity contribution in [2.45, 2.75) is 70.2 Å². The van der Waals surface area contributed by atoms with E-state index in [2.05, 4.69) is 5.32 Å². The number of aliphatic carboxylic acids is 1. The Hall–Kier alpha value is -2.45. The van der Waals surface area contributed by atoms with Crippen LogP contribution in [0.15, 0.2) is 30.3 Å². The number of hydrogen-bond donors (Lipinski definition) is 2. The molecule has 0 saturated carbocycles. The number of carbonyl (C=O) groups excluding carboxylic acids is 2. The van der Waals surface area contributed by atoms with Crippen molar-refractivity contribution in [2.24, 2.45) is 5.92 Å². The summed E-state index contributed by atoms with van der Waals surface area (Å²) in [4.78, 5) is 39.0. The number of nitrogens with one attached hydrogen (secondary N) is 1. The molecular weight excluding hydrogens is 412 g/mol. The molecule has 2 aliphatic rings. The van der Waals surface area contributed by atoms with Crippen molar-refractivity contribution in [2.75, 3.05) is 19.8 Å². The van der Waals surface area contributed by atoms with Crippen LogP contribution < -0.4 is 5.32 Å². The molecule has 8 nitrogen and oxygen atoms in total. The van der Waals surface area contributed by atoms with E-state index in [4.69, 9.17) is 9.47 Å². The van der Waals surface area contributed by atoms with Crippen LogP contribution in [0.5, 0.6) is 0 Å². The van der Waals surface area contributed by atoms with E-state index in [1.165, 1.54) is 4.90 Å². The van der Waals surface area contributed by atoms with Gasteiger partial charge in [0.25, 0.3) is 0 Å². The summed E-state index contributed by atoms with van der Waals surface area (Å²) in [6.07, 6.45) is 3.40. The van der Waals surface area contributed by atoms with Crippen molar-refractivity contribution in [3.05, 3.63) is 35.9 Å². The minimum absolute atomic E-state index is 0.0102. The minimum Gasteiger partial charge on any atom is -0.480 e. The van der Waals surface area contributed by atoms with Crippen molar-refractivity contribution < 1.29 is 29.0 Å². The number of carboxylic acid groups (broad SMARTS) is 1. The molecule has 1 amide bonds. The quantitative estimate of drug-likeness (QED) is 0.530. The molecule has 2 fully saturated rings. The van der Waals surface area contributed by atoms with Gasteiger partial charge in [0, 0.05) is 19.1 Å². The smallest absolute Gasteiger partial charge is 0.326 e. The maximum absolute atomic E-state index is 13.2. The molecule has 176 valence electrons. The van der Waals surface area contributed by atoms with Crippen LogP contribution in [-0.2, 0) is 30.3 Å². The van der Waals surface area contributed by atoms with Gasteiger partial charge in [0.1, 0.15) is 12.1 Å². The monoisotopic (exact) mass is 446 g/mol. The molecule has 0 radical (unpaired) electrons. The first kappa shape index (κ1) is 24.2. The second-order valence-corrected chi connectivity index (χ2v) is 8.61. The van der Waals surface area contributed by atoms with Crippen molar-refractivity contribution in [1.29, 1.82) is 0 Å². The first-order valence-electron chi connectivity index (χ1n) is 11.5. The van der Waals surface area contributed by atoms with E-state index in [1.807, 2.05) is 30.3 Å². The van der Waals surface area contributed by atoms with Crippen LogP contribution in [0.2, 0.25) is 0 Å². The molecule has 1 aromatic carbocycles. The Bertz CT molecular complexity index is 780. The largest absolute Gasteiger partial charge is 0.480 e. The Balaban J connectivity index is 1.65. The fourth-order valence-corrected chi connectivity index (χ4v) is 4.68. The van der Waals surface area contributed by atoms with Crippen LogP contribution in [-0.4, -0.2) is 71.8 Å². The summed E-state index contributed by atoms with van der Waals surface area (Å²) < 4.78 is 10.9. The normalized spacial score (nSPS) is 24.8. The van der Waals surface area contributed by atoms with Crippen LogP contribution >= 0.6 is 0 Å². The predicted molar refractivity (Wildman–Crippen MR) is 118 cm³/mol. The van der Waals surface area contributed by atoms with E-state index in [-0.39, 0.29) is 24.5 Å². The minimum atomic E-state index is -1.00. The standard InChI is InChI=1S/C24H34N2O6/c1-3-31-24(30)19(12-11-17-8-5-4-6-9-17)25-16(2)22(27)26-15-18(14-20(26)23(28)29)21-10-7-13-32-21/h4-6,8-9,16,18-21,25H,3,7,10-15H2,1-2H3,(H,28,29)/t16-,18?,19-,20-,21+/m0/s1. The summed E-state index contributed by atoms with van der Waals surface area (Å²) in [7, 11) is 0. The first-order chi connectivity index (χ1) is 15.4. The van der Waals surface area contributed by atoms with E-state index in [9.17, 15) is 19.5 Å². The maximum atomic E-state index is 13.2. The lowest BCUT2D eigenvalue weighted by molar-refractivity contribution is -0.150. The van der Waals surface area contributed by atoms with E-state index >= 15 is 0 Å². The number of benzene rings is 1. The van der Waals surface area contributed by atoms with E-state index in [0.717, 1.165) is 18.4 Å². The second-order valence-electron chi connectivity index (χ2n) is 8.61. The fourth-order valence-electron chi connectivity index (χ4n) is 4.68. The van der Waals surface area contributed by atoms with Gasteiger partial charge < -0.3 is 19.5 Å². The zero-order valence-electron chi connectivity index (χ0n) is 18.9. The fraction of sp³-hybridized carbons (Fsp3) is 0.625. The highest BCUT2D eigenvalue weighted by Crippen LogP contribution is 2.32. The lowest BCUT2D eigenvalue weighted by Gasteiger charge is -2.28. The Morgan fingerprint density at radius 2 is 2.03 bits per heavy atom. The summed E-state index contributed by atoms with van der Waals surface area (Å²) in [5.41, 5.74) is 1.09. The number of amides is 1. The molecule has 5 atom stereocenters. The number of aryl methyl sites for hydroxylation is 1. The van der Waals surface area contributed by atoms with Gasteiger partial charge in [-0.3, -0.25) is 14.9 Å². The number of nitrogens with zero attached hydrogens (tertiary/aromatic N) is 1. The van der Waals surface area contributed by atoms with Gasteiger partial charge in [-0.25, -0.2) is 4.79 Å². The summed E-state index contributed by atoms with van der Waals surface area (Å²) in [6, 6.07) is 7.55. The molecule has 0 aromatic heterocycles. The van der Waals surface area contributed by atoms with Crippen molar-refractivity contribution in [3.63, 3.8) is 0 Å². The predicted octanol–water partition coefficient (Wildman–Crippen LogP) is 2.01. The van der Waals surface area contributed by atoms with Crippen molar-refractivity contribution in [1.82, 2.24) is 10.2 Å². The highest BCUT2D eigenvalue weighted by atomic mass is 16.5. The molecule has 0 bridgehead atoms. The number of ether oxygens (including phenoxy) is 2. The third-order valence-corrected chi connectivity index (χ3v) is 6.35. The third-order valence-electron chi connectivity index (χ3n) is 6.35. The molecule has 1 unspecified atom stereocenters. The lowest BCUT2D eigenvalue weighted by Crippen LogP contribution is -2.53. The molecule has 2 heterocycles. The lowest BCUT2D eigenvalue weighted by atomic mass is 9.97. The van der Waals surface area contributed by atoms with E-state index < -0.39 is 30.1 Å². The average molecular weight is 447 g/mol. The molecule has 1 aromatic rings.